The van der Waals surface area contributed by atoms with Crippen LogP contribution in [0.3, 0.4) is 0 Å². The molecule has 0 radical (unpaired) electrons. The minimum Gasteiger partial charge on any atom is -0.484 e. The normalized spacial score (nSPS) is 13.9. The molecule has 1 saturated carbocycles. The molecule has 0 unspecified atom stereocenters. The Morgan fingerprint density at radius 3 is 2.47 bits per heavy atom. The second-order valence-electron chi connectivity index (χ2n) is 7.34. The maximum absolute atomic E-state index is 12.3. The van der Waals surface area contributed by atoms with Crippen molar-refractivity contribution in [2.75, 3.05) is 6.61 Å². The Morgan fingerprint density at radius 1 is 0.933 bits per heavy atom. The zero-order chi connectivity index (χ0) is 21.2. The van der Waals surface area contributed by atoms with Crippen molar-refractivity contribution in [3.05, 3.63) is 65.7 Å². The third-order valence-electron chi connectivity index (χ3n) is 4.96. The summed E-state index contributed by atoms with van der Waals surface area (Å²) in [6.45, 7) is 0.108. The van der Waals surface area contributed by atoms with E-state index in [1.165, 1.54) is 6.42 Å². The van der Waals surface area contributed by atoms with Gasteiger partial charge in [0.1, 0.15) is 5.75 Å². The summed E-state index contributed by atoms with van der Waals surface area (Å²) < 4.78 is 5.44. The van der Waals surface area contributed by atoms with Gasteiger partial charge in [-0.05, 0) is 36.6 Å². The fourth-order valence-electron chi connectivity index (χ4n) is 3.39. The second-order valence-corrected chi connectivity index (χ2v) is 7.34. The highest BCUT2D eigenvalue weighted by atomic mass is 16.5. The molecule has 0 heterocycles. The lowest BCUT2D eigenvalue weighted by atomic mass is 9.96. The van der Waals surface area contributed by atoms with Crippen molar-refractivity contribution in [2.24, 2.45) is 0 Å². The van der Waals surface area contributed by atoms with E-state index in [-0.39, 0.29) is 18.6 Å². The second kappa shape index (κ2) is 11.0. The van der Waals surface area contributed by atoms with E-state index in [1.807, 2.05) is 30.3 Å². The summed E-state index contributed by atoms with van der Waals surface area (Å²) in [5.74, 6) is -0.395. The number of imide groups is 1. The zero-order valence-electron chi connectivity index (χ0n) is 16.9. The molecule has 2 aromatic rings. The first kappa shape index (κ1) is 21.4. The van der Waals surface area contributed by atoms with E-state index < -0.39 is 11.9 Å². The van der Waals surface area contributed by atoms with Crippen LogP contribution in [0, 0.1) is 0 Å². The molecule has 7 nitrogen and oxygen atoms in total. The number of urea groups is 1. The SMILES string of the molecule is O=C(COc1cccc(C(=O)NCc2ccccc2)c1)NC(=O)NC1CCCCC1. The van der Waals surface area contributed by atoms with Crippen molar-refractivity contribution in [1.82, 2.24) is 16.0 Å². The van der Waals surface area contributed by atoms with E-state index in [0.717, 1.165) is 31.2 Å². The maximum atomic E-state index is 12.3. The Hall–Kier alpha value is -3.35. The quantitative estimate of drug-likeness (QED) is 0.654. The number of rotatable bonds is 7. The Bertz CT molecular complexity index is 864. The molecule has 2 aromatic carbocycles. The Balaban J connectivity index is 1.43. The molecule has 158 valence electrons. The number of hydrogen-bond donors (Lipinski definition) is 3. The lowest BCUT2D eigenvalue weighted by Crippen LogP contribution is -2.46. The molecule has 0 aliphatic heterocycles. The molecule has 30 heavy (non-hydrogen) atoms. The van der Waals surface area contributed by atoms with Gasteiger partial charge in [0.2, 0.25) is 0 Å². The smallest absolute Gasteiger partial charge is 0.321 e. The summed E-state index contributed by atoms with van der Waals surface area (Å²) in [7, 11) is 0. The number of nitrogens with one attached hydrogen (secondary N) is 3. The number of benzene rings is 2. The van der Waals surface area contributed by atoms with Crippen LogP contribution in [-0.2, 0) is 11.3 Å². The molecule has 0 bridgehead atoms. The largest absolute Gasteiger partial charge is 0.484 e. The summed E-state index contributed by atoms with van der Waals surface area (Å²) >= 11 is 0. The fourth-order valence-corrected chi connectivity index (χ4v) is 3.39. The van der Waals surface area contributed by atoms with Crippen LogP contribution < -0.4 is 20.7 Å². The Kier molecular flexibility index (Phi) is 7.83. The third kappa shape index (κ3) is 6.92. The Labute approximate surface area is 176 Å². The van der Waals surface area contributed by atoms with Gasteiger partial charge in [-0.25, -0.2) is 4.79 Å². The van der Waals surface area contributed by atoms with Gasteiger partial charge in [0.05, 0.1) is 0 Å². The summed E-state index contributed by atoms with van der Waals surface area (Å²) in [4.78, 5) is 36.2. The minimum atomic E-state index is -0.540. The lowest BCUT2D eigenvalue weighted by molar-refractivity contribution is -0.122. The number of hydrogen-bond acceptors (Lipinski definition) is 4. The van der Waals surface area contributed by atoms with E-state index in [4.69, 9.17) is 4.74 Å². The number of carbonyl (C=O) groups excluding carboxylic acids is 3. The Morgan fingerprint density at radius 2 is 1.70 bits per heavy atom. The van der Waals surface area contributed by atoms with Crippen LogP contribution in [0.1, 0.15) is 48.0 Å². The highest BCUT2D eigenvalue weighted by Crippen LogP contribution is 2.17. The highest BCUT2D eigenvalue weighted by Gasteiger charge is 2.17. The van der Waals surface area contributed by atoms with Gasteiger partial charge in [-0.2, -0.15) is 0 Å². The fraction of sp³-hybridized carbons (Fsp3) is 0.348. The van der Waals surface area contributed by atoms with Crippen LogP contribution in [0.2, 0.25) is 0 Å². The van der Waals surface area contributed by atoms with Crippen LogP contribution >= 0.6 is 0 Å². The van der Waals surface area contributed by atoms with Gasteiger partial charge in [0, 0.05) is 18.2 Å². The average molecular weight is 409 g/mol. The van der Waals surface area contributed by atoms with Gasteiger partial charge in [0.25, 0.3) is 11.8 Å². The monoisotopic (exact) mass is 409 g/mol. The van der Waals surface area contributed by atoms with E-state index in [2.05, 4.69) is 16.0 Å². The van der Waals surface area contributed by atoms with Gasteiger partial charge in [-0.15, -0.1) is 0 Å². The molecule has 0 saturated heterocycles. The molecule has 3 N–H and O–H groups in total. The first-order chi connectivity index (χ1) is 14.6. The standard InChI is InChI=1S/C23H27N3O4/c27-21(26-23(29)25-19-11-5-2-6-12-19)16-30-20-13-7-10-18(14-20)22(28)24-15-17-8-3-1-4-9-17/h1,3-4,7-10,13-14,19H,2,5-6,11-12,15-16H2,(H,24,28)(H2,25,26,27,29). The van der Waals surface area contributed by atoms with Crippen molar-refractivity contribution in [3.8, 4) is 5.75 Å². The zero-order valence-corrected chi connectivity index (χ0v) is 16.9. The number of carbonyl (C=O) groups is 3. The van der Waals surface area contributed by atoms with Crippen LogP contribution in [-0.4, -0.2) is 30.5 Å². The van der Waals surface area contributed by atoms with E-state index in [9.17, 15) is 14.4 Å². The predicted molar refractivity (Wildman–Crippen MR) is 113 cm³/mol. The molecule has 1 aliphatic rings. The summed E-state index contributed by atoms with van der Waals surface area (Å²) in [6, 6.07) is 15.8. The topological polar surface area (TPSA) is 96.5 Å². The van der Waals surface area contributed by atoms with Crippen molar-refractivity contribution in [2.45, 2.75) is 44.7 Å². The van der Waals surface area contributed by atoms with Crippen molar-refractivity contribution in [3.63, 3.8) is 0 Å². The number of ether oxygens (including phenoxy) is 1. The van der Waals surface area contributed by atoms with Gasteiger partial charge in [-0.1, -0.05) is 55.7 Å². The predicted octanol–water partition coefficient (Wildman–Crippen LogP) is 3.15. The van der Waals surface area contributed by atoms with Crippen molar-refractivity contribution in [1.29, 1.82) is 0 Å². The van der Waals surface area contributed by atoms with Crippen LogP contribution in [0.25, 0.3) is 0 Å². The van der Waals surface area contributed by atoms with Gasteiger partial charge in [0.15, 0.2) is 6.61 Å². The minimum absolute atomic E-state index is 0.124. The summed E-state index contributed by atoms with van der Waals surface area (Å²) in [5.41, 5.74) is 1.43. The van der Waals surface area contributed by atoms with E-state index >= 15 is 0 Å². The summed E-state index contributed by atoms with van der Waals surface area (Å²) in [6.07, 6.45) is 5.26. The molecule has 1 fully saturated rings. The summed E-state index contributed by atoms with van der Waals surface area (Å²) in [5, 5.41) is 7.95. The molecule has 0 aromatic heterocycles. The van der Waals surface area contributed by atoms with Crippen LogP contribution in [0.15, 0.2) is 54.6 Å². The maximum Gasteiger partial charge on any atom is 0.321 e. The van der Waals surface area contributed by atoms with E-state index in [0.29, 0.717) is 17.9 Å². The van der Waals surface area contributed by atoms with Gasteiger partial charge >= 0.3 is 6.03 Å². The van der Waals surface area contributed by atoms with Crippen LogP contribution in [0.5, 0.6) is 5.75 Å². The molecule has 1 aliphatic carbocycles. The van der Waals surface area contributed by atoms with Gasteiger partial charge in [-0.3, -0.25) is 14.9 Å². The number of amides is 4. The van der Waals surface area contributed by atoms with Crippen LogP contribution in [0.4, 0.5) is 4.79 Å². The first-order valence-electron chi connectivity index (χ1n) is 10.3. The molecular formula is C23H27N3O4. The molecule has 0 atom stereocenters. The van der Waals surface area contributed by atoms with E-state index in [1.54, 1.807) is 24.3 Å². The third-order valence-corrected chi connectivity index (χ3v) is 4.96. The molecule has 3 rings (SSSR count). The molecule has 4 amide bonds. The van der Waals surface area contributed by atoms with Crippen molar-refractivity contribution < 1.29 is 19.1 Å². The molecular weight excluding hydrogens is 382 g/mol. The average Bonchev–Trinajstić information content (AvgIpc) is 2.77. The van der Waals surface area contributed by atoms with Gasteiger partial charge < -0.3 is 15.4 Å². The lowest BCUT2D eigenvalue weighted by Gasteiger charge is -2.22. The van der Waals surface area contributed by atoms with Crippen molar-refractivity contribution >= 4 is 17.8 Å². The highest BCUT2D eigenvalue weighted by molar-refractivity contribution is 5.95. The molecule has 0 spiro atoms. The first-order valence-corrected chi connectivity index (χ1v) is 10.3. The molecule has 7 heteroatoms.